The molecule has 0 aromatic heterocycles. The third-order valence-corrected chi connectivity index (χ3v) is 2.49. The normalized spacial score (nSPS) is 11.7. The van der Waals surface area contributed by atoms with E-state index in [0.29, 0.717) is 6.07 Å². The molecule has 0 fully saturated rings. The van der Waals surface area contributed by atoms with Crippen LogP contribution in [0.3, 0.4) is 0 Å². The minimum Gasteiger partial charge on any atom is -0.461 e. The Morgan fingerprint density at radius 3 is 2.71 bits per heavy atom. The lowest BCUT2D eigenvalue weighted by molar-refractivity contribution is -0.137. The van der Waals surface area contributed by atoms with Crippen molar-refractivity contribution in [1.82, 2.24) is 0 Å². The fraction of sp³-hybridized carbons (Fsp3) is 0.250. The van der Waals surface area contributed by atoms with Gasteiger partial charge in [-0.15, -0.1) is 0 Å². The number of carbonyl (C=O) groups excluding carboxylic acids is 1. The van der Waals surface area contributed by atoms with Crippen molar-refractivity contribution >= 4 is 29.0 Å². The van der Waals surface area contributed by atoms with Crippen LogP contribution in [-0.2, 0) is 15.7 Å². The maximum absolute atomic E-state index is 12.6. The van der Waals surface area contributed by atoms with Crippen molar-refractivity contribution in [1.29, 1.82) is 5.26 Å². The van der Waals surface area contributed by atoms with Crippen LogP contribution in [0, 0.1) is 11.3 Å². The van der Waals surface area contributed by atoms with Crippen molar-refractivity contribution in [2.24, 2.45) is 5.10 Å². The molecule has 0 aliphatic heterocycles. The van der Waals surface area contributed by atoms with Crippen LogP contribution in [0.15, 0.2) is 23.3 Å². The summed E-state index contributed by atoms with van der Waals surface area (Å²) in [5.74, 6) is -0.990. The lowest BCUT2D eigenvalue weighted by Crippen LogP contribution is -2.17. The lowest BCUT2D eigenvalue weighted by atomic mass is 10.2. The Balaban J connectivity index is 3.02. The van der Waals surface area contributed by atoms with Crippen molar-refractivity contribution in [3.8, 4) is 6.07 Å². The molecule has 1 aromatic rings. The molecule has 1 rings (SSSR count). The molecule has 0 atom stereocenters. The van der Waals surface area contributed by atoms with Gasteiger partial charge in [0.15, 0.2) is 0 Å². The number of esters is 1. The minimum absolute atomic E-state index is 0.0316. The molecule has 1 N–H and O–H groups in total. The zero-order valence-electron chi connectivity index (χ0n) is 10.7. The number of nitriles is 1. The second kappa shape index (κ2) is 6.95. The Morgan fingerprint density at radius 1 is 1.52 bits per heavy atom. The highest BCUT2D eigenvalue weighted by Gasteiger charge is 2.31. The molecule has 0 heterocycles. The number of nitrogens with zero attached hydrogens (tertiary/aromatic N) is 2. The number of rotatable bonds is 4. The van der Waals surface area contributed by atoms with Gasteiger partial charge in [0.25, 0.3) is 0 Å². The average molecular weight is 320 g/mol. The molecule has 0 saturated heterocycles. The van der Waals surface area contributed by atoms with Crippen molar-refractivity contribution < 1.29 is 22.7 Å². The Morgan fingerprint density at radius 2 is 2.19 bits per heavy atom. The summed E-state index contributed by atoms with van der Waals surface area (Å²) < 4.78 is 42.2. The fourth-order valence-corrected chi connectivity index (χ4v) is 1.38. The molecular weight excluding hydrogens is 311 g/mol. The van der Waals surface area contributed by atoms with E-state index in [1.807, 2.05) is 0 Å². The Kier molecular flexibility index (Phi) is 5.55. The average Bonchev–Trinajstić information content (AvgIpc) is 2.40. The Labute approximate surface area is 123 Å². The van der Waals surface area contributed by atoms with Crippen molar-refractivity contribution in [2.45, 2.75) is 13.1 Å². The molecule has 0 spiro atoms. The van der Waals surface area contributed by atoms with Gasteiger partial charge in [0.2, 0.25) is 5.71 Å². The summed E-state index contributed by atoms with van der Waals surface area (Å²) in [6, 6.07) is 4.01. The number of anilines is 1. The first-order chi connectivity index (χ1) is 9.79. The standard InChI is InChI=1S/C12H9ClF3N3O2/c1-2-21-11(20)10(6-17)19-18-9-5-7(12(14,15)16)3-4-8(9)13/h3-5,18H,2H2,1H3/b19-10+. The van der Waals surface area contributed by atoms with Gasteiger partial charge >= 0.3 is 12.1 Å². The molecule has 0 aliphatic carbocycles. The topological polar surface area (TPSA) is 74.5 Å². The minimum atomic E-state index is -4.55. The monoisotopic (exact) mass is 319 g/mol. The number of carbonyl (C=O) groups is 1. The van der Waals surface area contributed by atoms with Crippen LogP contribution >= 0.6 is 11.6 Å². The third-order valence-electron chi connectivity index (χ3n) is 2.16. The summed E-state index contributed by atoms with van der Waals surface area (Å²) in [6.07, 6.45) is -4.55. The largest absolute Gasteiger partial charge is 0.461 e. The van der Waals surface area contributed by atoms with Gasteiger partial charge in [-0.2, -0.15) is 23.5 Å². The highest BCUT2D eigenvalue weighted by molar-refractivity contribution is 6.43. The van der Waals surface area contributed by atoms with Crippen LogP contribution in [0.25, 0.3) is 0 Å². The van der Waals surface area contributed by atoms with E-state index < -0.39 is 23.4 Å². The van der Waals surface area contributed by atoms with Gasteiger partial charge in [-0.3, -0.25) is 5.43 Å². The number of ether oxygens (including phenoxy) is 1. The van der Waals surface area contributed by atoms with Gasteiger partial charge < -0.3 is 4.74 Å². The van der Waals surface area contributed by atoms with Crippen LogP contribution in [0.5, 0.6) is 0 Å². The number of nitrogens with one attached hydrogen (secondary N) is 1. The summed E-state index contributed by atoms with van der Waals surface area (Å²) in [5, 5.41) is 12.1. The van der Waals surface area contributed by atoms with Gasteiger partial charge in [-0.25, -0.2) is 4.79 Å². The van der Waals surface area contributed by atoms with E-state index in [9.17, 15) is 18.0 Å². The molecule has 0 saturated carbocycles. The molecule has 112 valence electrons. The molecule has 21 heavy (non-hydrogen) atoms. The second-order valence-corrected chi connectivity index (χ2v) is 4.00. The number of benzene rings is 1. The predicted octanol–water partition coefficient (Wildman–Crippen LogP) is 3.21. The van der Waals surface area contributed by atoms with Crippen LogP contribution in [-0.4, -0.2) is 18.3 Å². The SMILES string of the molecule is CCOC(=O)/C(C#N)=N/Nc1cc(C(F)(F)F)ccc1Cl. The molecule has 0 unspecified atom stereocenters. The van der Waals surface area contributed by atoms with Crippen LogP contribution in [0.2, 0.25) is 5.02 Å². The molecular formula is C12H9ClF3N3O2. The number of hydrogen-bond acceptors (Lipinski definition) is 5. The van der Waals surface area contributed by atoms with E-state index in [0.717, 1.165) is 12.1 Å². The molecule has 0 radical (unpaired) electrons. The predicted molar refractivity (Wildman–Crippen MR) is 69.8 cm³/mol. The fourth-order valence-electron chi connectivity index (χ4n) is 1.22. The first-order valence-corrected chi connectivity index (χ1v) is 5.95. The maximum atomic E-state index is 12.6. The van der Waals surface area contributed by atoms with E-state index in [-0.39, 0.29) is 17.3 Å². The van der Waals surface area contributed by atoms with Gasteiger partial charge in [-0.1, -0.05) is 11.6 Å². The summed E-state index contributed by atoms with van der Waals surface area (Å²) >= 11 is 5.72. The summed E-state index contributed by atoms with van der Waals surface area (Å²) in [6.45, 7) is 1.56. The molecule has 5 nitrogen and oxygen atoms in total. The van der Waals surface area contributed by atoms with E-state index >= 15 is 0 Å². The lowest BCUT2D eigenvalue weighted by Gasteiger charge is -2.10. The van der Waals surface area contributed by atoms with Crippen molar-refractivity contribution in [3.05, 3.63) is 28.8 Å². The van der Waals surface area contributed by atoms with Gasteiger partial charge in [0, 0.05) is 0 Å². The van der Waals surface area contributed by atoms with Gasteiger partial charge in [-0.05, 0) is 25.1 Å². The number of alkyl halides is 3. The number of hydrogen-bond donors (Lipinski definition) is 1. The second-order valence-electron chi connectivity index (χ2n) is 3.60. The van der Waals surface area contributed by atoms with Crippen LogP contribution in [0.1, 0.15) is 12.5 Å². The zero-order valence-corrected chi connectivity index (χ0v) is 11.4. The first kappa shape index (κ1) is 16.8. The maximum Gasteiger partial charge on any atom is 0.416 e. The highest BCUT2D eigenvalue weighted by Crippen LogP contribution is 2.33. The van der Waals surface area contributed by atoms with Crippen molar-refractivity contribution in [2.75, 3.05) is 12.0 Å². The first-order valence-electron chi connectivity index (χ1n) is 5.57. The third kappa shape index (κ3) is 4.65. The zero-order chi connectivity index (χ0) is 16.0. The molecule has 9 heteroatoms. The van der Waals surface area contributed by atoms with E-state index in [2.05, 4.69) is 15.3 Å². The summed E-state index contributed by atoms with van der Waals surface area (Å²) in [4.78, 5) is 11.3. The van der Waals surface area contributed by atoms with E-state index in [4.69, 9.17) is 16.9 Å². The van der Waals surface area contributed by atoms with E-state index in [1.165, 1.54) is 13.0 Å². The number of halogens is 4. The smallest absolute Gasteiger partial charge is 0.416 e. The molecule has 1 aromatic carbocycles. The molecule has 0 amide bonds. The van der Waals surface area contributed by atoms with Gasteiger partial charge in [0.1, 0.15) is 6.07 Å². The van der Waals surface area contributed by atoms with E-state index in [1.54, 1.807) is 0 Å². The Hall–Kier alpha value is -2.27. The molecule has 0 bridgehead atoms. The van der Waals surface area contributed by atoms with Gasteiger partial charge in [0.05, 0.1) is 22.9 Å². The van der Waals surface area contributed by atoms with Crippen LogP contribution < -0.4 is 5.43 Å². The summed E-state index contributed by atoms with van der Waals surface area (Å²) in [5.41, 5.74) is 0.378. The Bertz CT molecular complexity index is 609. The van der Waals surface area contributed by atoms with Crippen LogP contribution in [0.4, 0.5) is 18.9 Å². The highest BCUT2D eigenvalue weighted by atomic mass is 35.5. The van der Waals surface area contributed by atoms with Crippen molar-refractivity contribution in [3.63, 3.8) is 0 Å². The number of hydrazone groups is 1. The quantitative estimate of drug-likeness (QED) is 0.525. The molecule has 0 aliphatic rings. The summed E-state index contributed by atoms with van der Waals surface area (Å²) in [7, 11) is 0.